The maximum absolute atomic E-state index is 12.6. The Balaban J connectivity index is 1.80. The summed E-state index contributed by atoms with van der Waals surface area (Å²) in [7, 11) is 0. The Hall–Kier alpha value is -2.60. The zero-order valence-electron chi connectivity index (χ0n) is 13.3. The quantitative estimate of drug-likeness (QED) is 0.794. The average Bonchev–Trinajstić information content (AvgIpc) is 2.96. The molecule has 0 aromatic heterocycles. The lowest BCUT2D eigenvalue weighted by atomic mass is 10.1. The molecule has 3 atom stereocenters. The Morgan fingerprint density at radius 2 is 1.92 bits per heavy atom. The van der Waals surface area contributed by atoms with Gasteiger partial charge in [-0.05, 0) is 18.4 Å². The zero-order chi connectivity index (χ0) is 17.3. The number of benzene rings is 2. The van der Waals surface area contributed by atoms with Gasteiger partial charge in [0, 0.05) is 24.0 Å². The van der Waals surface area contributed by atoms with Crippen LogP contribution in [0.1, 0.15) is 13.3 Å². The molecule has 2 aromatic carbocycles. The first-order valence-electron chi connectivity index (χ1n) is 7.93. The van der Waals surface area contributed by atoms with Crippen molar-refractivity contribution >= 4 is 28.3 Å². The Kier molecular flexibility index (Phi) is 4.40. The highest BCUT2D eigenvalue weighted by atomic mass is 16.4. The van der Waals surface area contributed by atoms with Crippen molar-refractivity contribution in [2.24, 2.45) is 0 Å². The second-order valence-electron chi connectivity index (χ2n) is 6.13. The molecule has 1 saturated heterocycles. The van der Waals surface area contributed by atoms with Crippen LogP contribution in [0.15, 0.2) is 42.5 Å². The van der Waals surface area contributed by atoms with Crippen LogP contribution in [-0.4, -0.2) is 51.7 Å². The van der Waals surface area contributed by atoms with Gasteiger partial charge in [0.2, 0.25) is 5.91 Å². The molecule has 2 aromatic rings. The van der Waals surface area contributed by atoms with E-state index in [4.69, 9.17) is 0 Å². The molecule has 6 heteroatoms. The summed E-state index contributed by atoms with van der Waals surface area (Å²) in [6.07, 6.45) is -0.720. The van der Waals surface area contributed by atoms with Crippen LogP contribution in [0.5, 0.6) is 0 Å². The summed E-state index contributed by atoms with van der Waals surface area (Å²) >= 11 is 0. The first-order valence-corrected chi connectivity index (χ1v) is 7.93. The van der Waals surface area contributed by atoms with E-state index in [0.717, 1.165) is 16.5 Å². The molecule has 3 N–H and O–H groups in total. The average molecular weight is 328 g/mol. The molecule has 24 heavy (non-hydrogen) atoms. The standard InChI is InChI=1S/C18H20N2O4/c1-11(17(22)20-10-13(21)9-16(20)18(23)24)19-15-8-4-6-12-5-2-3-7-14(12)15/h2-8,11,13,16,19,21H,9-10H2,1H3,(H,23,24)/t11-,13+,16-/m0/s1. The van der Waals surface area contributed by atoms with Crippen molar-refractivity contribution < 1.29 is 19.8 Å². The zero-order valence-corrected chi connectivity index (χ0v) is 13.3. The molecule has 0 saturated carbocycles. The molecule has 6 nitrogen and oxygen atoms in total. The maximum Gasteiger partial charge on any atom is 0.326 e. The highest BCUT2D eigenvalue weighted by Gasteiger charge is 2.40. The summed E-state index contributed by atoms with van der Waals surface area (Å²) in [6, 6.07) is 12.1. The second-order valence-corrected chi connectivity index (χ2v) is 6.13. The van der Waals surface area contributed by atoms with E-state index in [1.54, 1.807) is 6.92 Å². The Morgan fingerprint density at radius 1 is 1.21 bits per heavy atom. The van der Waals surface area contributed by atoms with Crippen LogP contribution in [0.4, 0.5) is 5.69 Å². The molecular formula is C18H20N2O4. The van der Waals surface area contributed by atoms with Crippen LogP contribution in [0.25, 0.3) is 10.8 Å². The molecule has 0 aliphatic carbocycles. The van der Waals surface area contributed by atoms with E-state index in [2.05, 4.69) is 5.32 Å². The van der Waals surface area contributed by atoms with Crippen molar-refractivity contribution in [1.29, 1.82) is 0 Å². The third-order valence-corrected chi connectivity index (χ3v) is 4.38. The predicted molar refractivity (Wildman–Crippen MR) is 90.8 cm³/mol. The number of β-amino-alcohol motifs (C(OH)–C–C–N with tert-alkyl or cyclic N) is 1. The van der Waals surface area contributed by atoms with Gasteiger partial charge in [-0.2, -0.15) is 0 Å². The topological polar surface area (TPSA) is 89.9 Å². The molecule has 1 aliphatic heterocycles. The number of aliphatic carboxylic acids is 1. The number of rotatable bonds is 4. The third kappa shape index (κ3) is 3.05. The predicted octanol–water partition coefficient (Wildman–Crippen LogP) is 1.69. The highest BCUT2D eigenvalue weighted by Crippen LogP contribution is 2.25. The molecule has 1 amide bonds. The Labute approximate surface area is 139 Å². The summed E-state index contributed by atoms with van der Waals surface area (Å²) in [4.78, 5) is 25.2. The number of carboxylic acid groups (broad SMARTS) is 1. The van der Waals surface area contributed by atoms with Gasteiger partial charge in [-0.3, -0.25) is 4.79 Å². The van der Waals surface area contributed by atoms with Crippen LogP contribution < -0.4 is 5.32 Å². The van der Waals surface area contributed by atoms with E-state index < -0.39 is 24.2 Å². The van der Waals surface area contributed by atoms with Gasteiger partial charge in [0.15, 0.2) is 0 Å². The lowest BCUT2D eigenvalue weighted by Gasteiger charge is -2.26. The van der Waals surface area contributed by atoms with Crippen molar-refractivity contribution in [3.63, 3.8) is 0 Å². The van der Waals surface area contributed by atoms with E-state index in [1.807, 2.05) is 42.5 Å². The van der Waals surface area contributed by atoms with E-state index >= 15 is 0 Å². The molecule has 1 heterocycles. The molecule has 0 radical (unpaired) electrons. The maximum atomic E-state index is 12.6. The fourth-order valence-corrected chi connectivity index (χ4v) is 3.19. The van der Waals surface area contributed by atoms with Crippen molar-refractivity contribution in [1.82, 2.24) is 4.90 Å². The van der Waals surface area contributed by atoms with Gasteiger partial charge >= 0.3 is 5.97 Å². The van der Waals surface area contributed by atoms with Gasteiger partial charge in [0.05, 0.1) is 6.10 Å². The van der Waals surface area contributed by atoms with Gasteiger partial charge < -0.3 is 20.4 Å². The van der Waals surface area contributed by atoms with Gasteiger partial charge in [-0.1, -0.05) is 36.4 Å². The summed E-state index contributed by atoms with van der Waals surface area (Å²) in [5.41, 5.74) is 0.820. The monoisotopic (exact) mass is 328 g/mol. The molecule has 0 spiro atoms. The smallest absolute Gasteiger partial charge is 0.326 e. The van der Waals surface area contributed by atoms with E-state index in [1.165, 1.54) is 4.90 Å². The fraction of sp³-hybridized carbons (Fsp3) is 0.333. The number of carboxylic acids is 1. The number of aliphatic hydroxyl groups is 1. The summed E-state index contributed by atoms with van der Waals surface area (Å²) in [6.45, 7) is 1.76. The van der Waals surface area contributed by atoms with Gasteiger partial charge in [0.1, 0.15) is 12.1 Å². The van der Waals surface area contributed by atoms with Crippen LogP contribution >= 0.6 is 0 Å². The number of aliphatic hydroxyl groups excluding tert-OH is 1. The van der Waals surface area contributed by atoms with Crippen molar-refractivity contribution in [2.45, 2.75) is 31.5 Å². The minimum atomic E-state index is -1.09. The molecule has 0 unspecified atom stereocenters. The number of nitrogens with one attached hydrogen (secondary N) is 1. The van der Waals surface area contributed by atoms with Crippen LogP contribution in [0.2, 0.25) is 0 Å². The summed E-state index contributed by atoms with van der Waals surface area (Å²) in [5, 5.41) is 24.2. The molecule has 126 valence electrons. The van der Waals surface area contributed by atoms with Crippen LogP contribution in [0.3, 0.4) is 0 Å². The van der Waals surface area contributed by atoms with Gasteiger partial charge in [-0.15, -0.1) is 0 Å². The first kappa shape index (κ1) is 16.3. The minimum Gasteiger partial charge on any atom is -0.480 e. The lowest BCUT2D eigenvalue weighted by molar-refractivity contribution is -0.148. The number of amides is 1. The number of anilines is 1. The van der Waals surface area contributed by atoms with Gasteiger partial charge in [0.25, 0.3) is 0 Å². The number of carbonyl (C=O) groups excluding carboxylic acids is 1. The number of likely N-dealkylation sites (tertiary alicyclic amines) is 1. The van der Waals surface area contributed by atoms with E-state index in [-0.39, 0.29) is 18.9 Å². The largest absolute Gasteiger partial charge is 0.480 e. The molecule has 0 bridgehead atoms. The molecule has 3 rings (SSSR count). The van der Waals surface area contributed by atoms with Crippen LogP contribution in [0, 0.1) is 0 Å². The number of nitrogens with zero attached hydrogens (tertiary/aromatic N) is 1. The SMILES string of the molecule is C[C@H](Nc1cccc2ccccc12)C(=O)N1C[C@H](O)C[C@H]1C(=O)O. The van der Waals surface area contributed by atoms with Crippen molar-refractivity contribution in [2.75, 3.05) is 11.9 Å². The Bertz CT molecular complexity index is 771. The minimum absolute atomic E-state index is 0.0529. The molecule has 1 aliphatic rings. The molecule has 1 fully saturated rings. The van der Waals surface area contributed by atoms with Gasteiger partial charge in [-0.25, -0.2) is 4.79 Å². The fourth-order valence-electron chi connectivity index (χ4n) is 3.19. The number of carbonyl (C=O) groups is 2. The Morgan fingerprint density at radius 3 is 2.67 bits per heavy atom. The van der Waals surface area contributed by atoms with E-state index in [0.29, 0.717) is 0 Å². The number of fused-ring (bicyclic) bond motifs is 1. The lowest BCUT2D eigenvalue weighted by Crippen LogP contribution is -2.47. The third-order valence-electron chi connectivity index (χ3n) is 4.38. The number of hydrogen-bond donors (Lipinski definition) is 3. The van der Waals surface area contributed by atoms with E-state index in [9.17, 15) is 19.8 Å². The molecular weight excluding hydrogens is 308 g/mol. The normalized spacial score (nSPS) is 21.7. The highest BCUT2D eigenvalue weighted by molar-refractivity contribution is 5.96. The van der Waals surface area contributed by atoms with Crippen molar-refractivity contribution in [3.8, 4) is 0 Å². The van der Waals surface area contributed by atoms with Crippen molar-refractivity contribution in [3.05, 3.63) is 42.5 Å². The first-order chi connectivity index (χ1) is 11.5. The van der Waals surface area contributed by atoms with Crippen LogP contribution in [-0.2, 0) is 9.59 Å². The second kappa shape index (κ2) is 6.49. The summed E-state index contributed by atoms with van der Waals surface area (Å²) < 4.78 is 0. The summed E-state index contributed by atoms with van der Waals surface area (Å²) in [5.74, 6) is -1.41. The number of hydrogen-bond acceptors (Lipinski definition) is 4.